The summed E-state index contributed by atoms with van der Waals surface area (Å²) in [5, 5.41) is 11.7. The Kier molecular flexibility index (Phi) is 3.94. The highest BCUT2D eigenvalue weighted by atomic mass is 35.5. The van der Waals surface area contributed by atoms with Crippen LogP contribution in [-0.2, 0) is 0 Å². The monoisotopic (exact) mass is 228 g/mol. The van der Waals surface area contributed by atoms with Gasteiger partial charge < -0.3 is 16.2 Å². The van der Waals surface area contributed by atoms with Gasteiger partial charge in [-0.3, -0.25) is 4.79 Å². The molecule has 0 heterocycles. The average molecular weight is 229 g/mol. The maximum atomic E-state index is 11.6. The van der Waals surface area contributed by atoms with Crippen molar-refractivity contribution in [2.45, 2.75) is 13.0 Å². The Morgan fingerprint density at radius 3 is 2.87 bits per heavy atom. The summed E-state index contributed by atoms with van der Waals surface area (Å²) in [4.78, 5) is 11.6. The standard InChI is InChI=1S/C10H13ClN2O2/c1-6(5-14)13-10(15)8-3-2-7(12)4-9(8)11/h2-4,6,14H,5,12H2,1H3,(H,13,15)/t6-/m1/s1. The van der Waals surface area contributed by atoms with Crippen molar-refractivity contribution >= 4 is 23.2 Å². The number of anilines is 1. The number of nitrogens with one attached hydrogen (secondary N) is 1. The molecule has 15 heavy (non-hydrogen) atoms. The minimum Gasteiger partial charge on any atom is -0.399 e. The van der Waals surface area contributed by atoms with Gasteiger partial charge >= 0.3 is 0 Å². The topological polar surface area (TPSA) is 75.3 Å². The molecule has 1 amide bonds. The summed E-state index contributed by atoms with van der Waals surface area (Å²) in [6.45, 7) is 1.58. The molecule has 1 aromatic carbocycles. The van der Waals surface area contributed by atoms with Gasteiger partial charge in [0.1, 0.15) is 0 Å². The lowest BCUT2D eigenvalue weighted by atomic mass is 10.2. The van der Waals surface area contributed by atoms with Crippen LogP contribution in [0.2, 0.25) is 5.02 Å². The minimum atomic E-state index is -0.318. The van der Waals surface area contributed by atoms with Crippen LogP contribution in [0.4, 0.5) is 5.69 Å². The zero-order valence-electron chi connectivity index (χ0n) is 8.33. The van der Waals surface area contributed by atoms with E-state index in [-0.39, 0.29) is 18.6 Å². The number of carbonyl (C=O) groups excluding carboxylic acids is 1. The van der Waals surface area contributed by atoms with Crippen molar-refractivity contribution in [2.75, 3.05) is 12.3 Å². The highest BCUT2D eigenvalue weighted by Gasteiger charge is 2.12. The van der Waals surface area contributed by atoms with Crippen LogP contribution < -0.4 is 11.1 Å². The maximum absolute atomic E-state index is 11.6. The smallest absolute Gasteiger partial charge is 0.253 e. The van der Waals surface area contributed by atoms with E-state index in [0.717, 1.165) is 0 Å². The summed E-state index contributed by atoms with van der Waals surface area (Å²) in [6.07, 6.45) is 0. The van der Waals surface area contributed by atoms with Gasteiger partial charge in [-0.15, -0.1) is 0 Å². The van der Waals surface area contributed by atoms with E-state index in [1.807, 2.05) is 0 Å². The zero-order chi connectivity index (χ0) is 11.4. The number of aliphatic hydroxyl groups is 1. The normalized spacial score (nSPS) is 12.2. The van der Waals surface area contributed by atoms with E-state index >= 15 is 0 Å². The van der Waals surface area contributed by atoms with Gasteiger partial charge in [0, 0.05) is 11.7 Å². The Morgan fingerprint density at radius 1 is 1.67 bits per heavy atom. The fourth-order valence-corrected chi connectivity index (χ4v) is 1.34. The second-order valence-corrected chi connectivity index (χ2v) is 3.70. The number of nitrogen functional groups attached to an aromatic ring is 1. The van der Waals surface area contributed by atoms with Gasteiger partial charge in [0.2, 0.25) is 0 Å². The van der Waals surface area contributed by atoms with E-state index in [9.17, 15) is 4.79 Å². The van der Waals surface area contributed by atoms with Crippen LogP contribution in [0.5, 0.6) is 0 Å². The van der Waals surface area contributed by atoms with Gasteiger partial charge in [-0.1, -0.05) is 11.6 Å². The van der Waals surface area contributed by atoms with Gasteiger partial charge in [-0.2, -0.15) is 0 Å². The number of nitrogens with two attached hydrogens (primary N) is 1. The molecular formula is C10H13ClN2O2. The van der Waals surface area contributed by atoms with Gasteiger partial charge in [0.15, 0.2) is 0 Å². The minimum absolute atomic E-state index is 0.113. The van der Waals surface area contributed by atoms with Crippen LogP contribution in [0.25, 0.3) is 0 Å². The molecule has 0 unspecified atom stereocenters. The highest BCUT2D eigenvalue weighted by Crippen LogP contribution is 2.18. The number of hydrogen-bond acceptors (Lipinski definition) is 3. The van der Waals surface area contributed by atoms with Crippen molar-refractivity contribution in [2.24, 2.45) is 0 Å². The fourth-order valence-electron chi connectivity index (χ4n) is 1.06. The predicted octanol–water partition coefficient (Wildman–Crippen LogP) is 1.03. The molecule has 1 rings (SSSR count). The van der Waals surface area contributed by atoms with Crippen LogP contribution in [0.15, 0.2) is 18.2 Å². The lowest BCUT2D eigenvalue weighted by Crippen LogP contribution is -2.35. The summed E-state index contributed by atoms with van der Waals surface area (Å²) in [6, 6.07) is 4.37. The first-order valence-electron chi connectivity index (χ1n) is 4.51. The Morgan fingerprint density at radius 2 is 2.33 bits per heavy atom. The number of halogens is 1. The van der Waals surface area contributed by atoms with E-state index in [0.29, 0.717) is 16.3 Å². The van der Waals surface area contributed by atoms with Gasteiger partial charge in [0.05, 0.1) is 17.2 Å². The second kappa shape index (κ2) is 5.00. The Hall–Kier alpha value is -1.26. The molecule has 0 saturated heterocycles. The predicted molar refractivity (Wildman–Crippen MR) is 59.9 cm³/mol. The Bertz CT molecular complexity index is 368. The quantitative estimate of drug-likeness (QED) is 0.677. The molecule has 4 N–H and O–H groups in total. The number of hydrogen-bond donors (Lipinski definition) is 3. The van der Waals surface area contributed by atoms with Gasteiger partial charge in [0.25, 0.3) is 5.91 Å². The first-order chi connectivity index (χ1) is 7.04. The fraction of sp³-hybridized carbons (Fsp3) is 0.300. The molecule has 0 aliphatic carbocycles. The number of benzene rings is 1. The summed E-state index contributed by atoms with van der Waals surface area (Å²) in [5.74, 6) is -0.318. The summed E-state index contributed by atoms with van der Waals surface area (Å²) >= 11 is 5.85. The van der Waals surface area contributed by atoms with E-state index in [2.05, 4.69) is 5.32 Å². The second-order valence-electron chi connectivity index (χ2n) is 3.30. The summed E-state index contributed by atoms with van der Waals surface area (Å²) in [7, 11) is 0. The van der Waals surface area contributed by atoms with Crippen molar-refractivity contribution in [3.63, 3.8) is 0 Å². The maximum Gasteiger partial charge on any atom is 0.253 e. The van der Waals surface area contributed by atoms with Gasteiger partial charge in [-0.05, 0) is 25.1 Å². The molecule has 5 heteroatoms. The van der Waals surface area contributed by atoms with Crippen molar-refractivity contribution in [3.8, 4) is 0 Å². The Labute approximate surface area is 93.0 Å². The van der Waals surface area contributed by atoms with Crippen molar-refractivity contribution in [3.05, 3.63) is 28.8 Å². The largest absolute Gasteiger partial charge is 0.399 e. The van der Waals surface area contributed by atoms with Crippen LogP contribution in [-0.4, -0.2) is 23.7 Å². The molecule has 0 saturated carbocycles. The molecule has 0 aliphatic heterocycles. The van der Waals surface area contributed by atoms with Crippen LogP contribution in [0, 0.1) is 0 Å². The van der Waals surface area contributed by atoms with Crippen molar-refractivity contribution < 1.29 is 9.90 Å². The number of carbonyl (C=O) groups is 1. The molecule has 0 aliphatic rings. The van der Waals surface area contributed by atoms with Crippen LogP contribution in [0.3, 0.4) is 0 Å². The van der Waals surface area contributed by atoms with Crippen molar-refractivity contribution in [1.29, 1.82) is 0 Å². The highest BCUT2D eigenvalue weighted by molar-refractivity contribution is 6.34. The summed E-state index contributed by atoms with van der Waals surface area (Å²) in [5.41, 5.74) is 6.36. The first-order valence-corrected chi connectivity index (χ1v) is 4.89. The molecule has 0 radical (unpaired) electrons. The average Bonchev–Trinajstić information content (AvgIpc) is 2.17. The third-order valence-corrected chi connectivity index (χ3v) is 2.20. The molecule has 1 aromatic rings. The third kappa shape index (κ3) is 3.11. The summed E-state index contributed by atoms with van der Waals surface area (Å²) < 4.78 is 0. The van der Waals surface area contributed by atoms with E-state index < -0.39 is 0 Å². The molecule has 82 valence electrons. The molecule has 4 nitrogen and oxygen atoms in total. The first kappa shape index (κ1) is 11.8. The van der Waals surface area contributed by atoms with Crippen LogP contribution >= 0.6 is 11.6 Å². The van der Waals surface area contributed by atoms with E-state index in [1.54, 1.807) is 19.1 Å². The van der Waals surface area contributed by atoms with Gasteiger partial charge in [-0.25, -0.2) is 0 Å². The SMILES string of the molecule is C[C@H](CO)NC(=O)c1ccc(N)cc1Cl. The Balaban J connectivity index is 2.82. The number of aliphatic hydroxyl groups excluding tert-OH is 1. The molecule has 0 aromatic heterocycles. The third-order valence-electron chi connectivity index (χ3n) is 1.89. The number of amides is 1. The lowest BCUT2D eigenvalue weighted by Gasteiger charge is -2.11. The van der Waals surface area contributed by atoms with Crippen molar-refractivity contribution in [1.82, 2.24) is 5.32 Å². The number of rotatable bonds is 3. The molecular weight excluding hydrogens is 216 g/mol. The zero-order valence-corrected chi connectivity index (χ0v) is 9.08. The van der Waals surface area contributed by atoms with E-state index in [4.69, 9.17) is 22.4 Å². The molecule has 0 bridgehead atoms. The van der Waals surface area contributed by atoms with Crippen LogP contribution in [0.1, 0.15) is 17.3 Å². The molecule has 0 spiro atoms. The molecule has 1 atom stereocenters. The molecule has 0 fully saturated rings. The lowest BCUT2D eigenvalue weighted by molar-refractivity contribution is 0.0922. The van der Waals surface area contributed by atoms with E-state index in [1.165, 1.54) is 6.07 Å².